The Morgan fingerprint density at radius 1 is 1.56 bits per heavy atom. The third-order valence-electron chi connectivity index (χ3n) is 2.90. The number of hydrogen-bond donors (Lipinski definition) is 1. The summed E-state index contributed by atoms with van der Waals surface area (Å²) in [6.07, 6.45) is 1.75. The van der Waals surface area contributed by atoms with Gasteiger partial charge < -0.3 is 5.11 Å². The van der Waals surface area contributed by atoms with Crippen molar-refractivity contribution in [1.29, 1.82) is 0 Å². The molecular formula is C12H17NO2S. The normalized spacial score (nSPS) is 13.4. The molecule has 1 aromatic rings. The molecule has 0 aromatic carbocycles. The highest BCUT2D eigenvalue weighted by Crippen LogP contribution is 2.31. The van der Waals surface area contributed by atoms with Gasteiger partial charge in [-0.05, 0) is 31.9 Å². The first-order valence-electron chi connectivity index (χ1n) is 5.22. The number of carbonyl (C=O) groups is 1. The van der Waals surface area contributed by atoms with Crippen molar-refractivity contribution in [3.8, 4) is 0 Å². The molecule has 1 atom stereocenters. The fraction of sp³-hybridized carbons (Fsp3) is 0.500. The molecule has 16 heavy (non-hydrogen) atoms. The van der Waals surface area contributed by atoms with Crippen molar-refractivity contribution < 1.29 is 9.90 Å². The molecule has 4 heteroatoms. The van der Waals surface area contributed by atoms with Crippen LogP contribution in [0.2, 0.25) is 0 Å². The van der Waals surface area contributed by atoms with Crippen LogP contribution in [0.3, 0.4) is 0 Å². The topological polar surface area (TPSA) is 50.2 Å². The van der Waals surface area contributed by atoms with Crippen molar-refractivity contribution in [2.45, 2.75) is 25.8 Å². The lowest BCUT2D eigenvalue weighted by molar-refractivity contribution is -0.149. The number of pyridine rings is 1. The summed E-state index contributed by atoms with van der Waals surface area (Å²) >= 11 is 1.60. The number of carboxylic acid groups (broad SMARTS) is 1. The van der Waals surface area contributed by atoms with E-state index in [1.165, 1.54) is 0 Å². The highest BCUT2D eigenvalue weighted by Gasteiger charge is 2.33. The van der Waals surface area contributed by atoms with E-state index in [0.29, 0.717) is 0 Å². The number of aliphatic carboxylic acids is 1. The van der Waals surface area contributed by atoms with Crippen LogP contribution in [0, 0.1) is 11.3 Å². The van der Waals surface area contributed by atoms with Crippen LogP contribution in [-0.2, 0) is 4.79 Å². The first-order valence-corrected chi connectivity index (χ1v) is 6.20. The maximum atomic E-state index is 11.0. The van der Waals surface area contributed by atoms with E-state index in [2.05, 4.69) is 4.98 Å². The van der Waals surface area contributed by atoms with E-state index in [0.717, 1.165) is 10.8 Å². The van der Waals surface area contributed by atoms with Gasteiger partial charge >= 0.3 is 5.97 Å². The highest BCUT2D eigenvalue weighted by atomic mass is 32.2. The molecule has 0 bridgehead atoms. The van der Waals surface area contributed by atoms with Gasteiger partial charge in [0.1, 0.15) is 0 Å². The van der Waals surface area contributed by atoms with E-state index in [1.807, 2.05) is 25.1 Å². The molecule has 0 fully saturated rings. The molecule has 0 spiro atoms. The summed E-state index contributed by atoms with van der Waals surface area (Å²) in [5.41, 5.74) is -0.693. The Hall–Kier alpha value is -1.03. The lowest BCUT2D eigenvalue weighted by Crippen LogP contribution is -2.32. The van der Waals surface area contributed by atoms with Crippen molar-refractivity contribution in [1.82, 2.24) is 4.98 Å². The lowest BCUT2D eigenvalue weighted by Gasteiger charge is -2.26. The molecule has 3 nitrogen and oxygen atoms in total. The van der Waals surface area contributed by atoms with Crippen LogP contribution in [0.25, 0.3) is 0 Å². The van der Waals surface area contributed by atoms with Crippen LogP contribution in [-0.4, -0.2) is 21.8 Å². The molecule has 88 valence electrons. The molecule has 0 saturated carbocycles. The molecule has 1 unspecified atom stereocenters. The smallest absolute Gasteiger partial charge is 0.309 e. The second-order valence-electron chi connectivity index (χ2n) is 4.41. The first-order chi connectivity index (χ1) is 7.44. The minimum absolute atomic E-state index is 0.0945. The van der Waals surface area contributed by atoms with Gasteiger partial charge in [-0.2, -0.15) is 0 Å². The molecule has 1 heterocycles. The third-order valence-corrected chi connectivity index (χ3v) is 4.11. The van der Waals surface area contributed by atoms with Gasteiger partial charge in [0.05, 0.1) is 10.4 Å². The molecular weight excluding hydrogens is 222 g/mol. The van der Waals surface area contributed by atoms with E-state index >= 15 is 0 Å². The summed E-state index contributed by atoms with van der Waals surface area (Å²) in [6.45, 7) is 5.49. The van der Waals surface area contributed by atoms with Gasteiger partial charge in [-0.15, -0.1) is 11.8 Å². The number of hydrogen-bond acceptors (Lipinski definition) is 3. The van der Waals surface area contributed by atoms with Gasteiger partial charge in [0.2, 0.25) is 0 Å². The van der Waals surface area contributed by atoms with E-state index in [9.17, 15) is 4.79 Å². The second-order valence-corrected chi connectivity index (χ2v) is 5.45. The minimum atomic E-state index is -0.748. The van der Waals surface area contributed by atoms with Crippen molar-refractivity contribution >= 4 is 17.7 Å². The largest absolute Gasteiger partial charge is 0.481 e. The average Bonchev–Trinajstić information content (AvgIpc) is 2.27. The first kappa shape index (κ1) is 13.0. The Labute approximate surface area is 100 Å². The summed E-state index contributed by atoms with van der Waals surface area (Å²) in [5, 5.41) is 10.0. The van der Waals surface area contributed by atoms with Crippen LogP contribution in [0.4, 0.5) is 0 Å². The summed E-state index contributed by atoms with van der Waals surface area (Å²) < 4.78 is 0. The van der Waals surface area contributed by atoms with Gasteiger partial charge in [-0.1, -0.05) is 13.0 Å². The molecule has 0 saturated heterocycles. The minimum Gasteiger partial charge on any atom is -0.481 e. The van der Waals surface area contributed by atoms with E-state index in [-0.39, 0.29) is 5.92 Å². The van der Waals surface area contributed by atoms with Crippen molar-refractivity contribution in [2.24, 2.45) is 11.3 Å². The lowest BCUT2D eigenvalue weighted by atomic mass is 9.81. The number of aromatic nitrogens is 1. The van der Waals surface area contributed by atoms with Crippen LogP contribution in [0.1, 0.15) is 20.8 Å². The Bertz CT molecular complexity index is 351. The monoisotopic (exact) mass is 239 g/mol. The second kappa shape index (κ2) is 5.34. The fourth-order valence-electron chi connectivity index (χ4n) is 1.06. The van der Waals surface area contributed by atoms with E-state index < -0.39 is 11.4 Å². The van der Waals surface area contributed by atoms with Gasteiger partial charge in [-0.3, -0.25) is 4.79 Å². The molecule has 1 rings (SSSR count). The van der Waals surface area contributed by atoms with Crippen LogP contribution in [0.5, 0.6) is 0 Å². The van der Waals surface area contributed by atoms with Crippen LogP contribution in [0.15, 0.2) is 29.4 Å². The highest BCUT2D eigenvalue weighted by molar-refractivity contribution is 7.99. The van der Waals surface area contributed by atoms with Gasteiger partial charge in [-0.25, -0.2) is 4.98 Å². The Morgan fingerprint density at radius 2 is 2.25 bits per heavy atom. The van der Waals surface area contributed by atoms with Crippen molar-refractivity contribution in [2.75, 3.05) is 5.75 Å². The SMILES string of the molecule is CC(CSc1ccccn1)C(C)(C)C(=O)O. The summed E-state index contributed by atoms with van der Waals surface area (Å²) in [7, 11) is 0. The fourth-order valence-corrected chi connectivity index (χ4v) is 2.21. The third kappa shape index (κ3) is 3.23. The number of rotatable bonds is 5. The zero-order chi connectivity index (χ0) is 12.2. The number of carboxylic acids is 1. The zero-order valence-corrected chi connectivity index (χ0v) is 10.6. The number of thioether (sulfide) groups is 1. The molecule has 0 radical (unpaired) electrons. The Kier molecular flexibility index (Phi) is 4.35. The van der Waals surface area contributed by atoms with Crippen LogP contribution < -0.4 is 0 Å². The van der Waals surface area contributed by atoms with Gasteiger partial charge in [0, 0.05) is 11.9 Å². The molecule has 0 aliphatic heterocycles. The molecule has 0 amide bonds. The average molecular weight is 239 g/mol. The van der Waals surface area contributed by atoms with Crippen molar-refractivity contribution in [3.05, 3.63) is 24.4 Å². The standard InChI is InChI=1S/C12H17NO2S/c1-9(12(2,3)11(14)15)8-16-10-6-4-5-7-13-10/h4-7,9H,8H2,1-3H3,(H,14,15). The molecule has 0 aliphatic rings. The summed E-state index contributed by atoms with van der Waals surface area (Å²) in [6, 6.07) is 5.74. The zero-order valence-electron chi connectivity index (χ0n) is 9.80. The maximum absolute atomic E-state index is 11.0. The predicted octanol–water partition coefficient (Wildman–Crippen LogP) is 2.92. The number of nitrogens with zero attached hydrogens (tertiary/aromatic N) is 1. The maximum Gasteiger partial charge on any atom is 0.309 e. The Balaban J connectivity index is 2.53. The quantitative estimate of drug-likeness (QED) is 0.803. The Morgan fingerprint density at radius 3 is 2.75 bits per heavy atom. The molecule has 0 aliphatic carbocycles. The van der Waals surface area contributed by atoms with Crippen LogP contribution >= 0.6 is 11.8 Å². The van der Waals surface area contributed by atoms with Gasteiger partial charge in [0.25, 0.3) is 0 Å². The summed E-state index contributed by atoms with van der Waals surface area (Å²) in [5.74, 6) is 0.106. The molecule has 1 N–H and O–H groups in total. The van der Waals surface area contributed by atoms with Gasteiger partial charge in [0.15, 0.2) is 0 Å². The van der Waals surface area contributed by atoms with E-state index in [1.54, 1.807) is 31.8 Å². The predicted molar refractivity (Wildman–Crippen MR) is 65.5 cm³/mol. The molecule has 1 aromatic heterocycles. The van der Waals surface area contributed by atoms with Crippen molar-refractivity contribution in [3.63, 3.8) is 0 Å². The summed E-state index contributed by atoms with van der Waals surface area (Å²) in [4.78, 5) is 15.2. The van der Waals surface area contributed by atoms with E-state index in [4.69, 9.17) is 5.11 Å².